The second-order valence-electron chi connectivity index (χ2n) is 8.69. The number of hydrazone groups is 1. The molecule has 0 atom stereocenters. The summed E-state index contributed by atoms with van der Waals surface area (Å²) < 4.78 is 12.0. The first-order valence-electron chi connectivity index (χ1n) is 12.4. The van der Waals surface area contributed by atoms with Crippen molar-refractivity contribution < 1.29 is 23.9 Å². The Labute approximate surface area is 273 Å². The molecule has 0 bridgehead atoms. The van der Waals surface area contributed by atoms with Crippen molar-refractivity contribution in [1.82, 2.24) is 5.43 Å². The number of rotatable bonds is 9. The molecule has 4 rings (SSSR count). The van der Waals surface area contributed by atoms with Gasteiger partial charge in [-0.2, -0.15) is 5.10 Å². The van der Waals surface area contributed by atoms with Crippen molar-refractivity contribution >= 4 is 90.8 Å². The number of halogens is 4. The van der Waals surface area contributed by atoms with Gasteiger partial charge in [0.2, 0.25) is 0 Å². The zero-order chi connectivity index (χ0) is 30.9. The Kier molecular flexibility index (Phi) is 11.1. The van der Waals surface area contributed by atoms with Crippen LogP contribution >= 0.6 is 55.1 Å². The summed E-state index contributed by atoms with van der Waals surface area (Å²) >= 11 is 18.7. The molecule has 12 heteroatoms. The van der Waals surface area contributed by atoms with E-state index in [1.54, 1.807) is 72.8 Å². The number of hydrogen-bond donors (Lipinski definition) is 2. The average Bonchev–Trinajstić information content (AvgIpc) is 2.98. The molecular formula is C31H21Br2Cl2N3O5. The number of nitrogens with zero attached hydrogens (tertiary/aromatic N) is 1. The van der Waals surface area contributed by atoms with Crippen molar-refractivity contribution in [3.05, 3.63) is 126 Å². The Morgan fingerprint density at radius 1 is 0.884 bits per heavy atom. The second kappa shape index (κ2) is 15.0. The molecule has 0 radical (unpaired) electrons. The fourth-order valence-corrected chi connectivity index (χ4v) is 5.31. The van der Waals surface area contributed by atoms with E-state index in [-0.39, 0.29) is 16.9 Å². The quantitative estimate of drug-likeness (QED) is 0.0592. The van der Waals surface area contributed by atoms with Crippen LogP contribution in [0.1, 0.15) is 31.8 Å². The first-order valence-corrected chi connectivity index (χ1v) is 14.7. The van der Waals surface area contributed by atoms with Crippen LogP contribution in [0.25, 0.3) is 6.08 Å². The number of nitrogens with one attached hydrogen (secondary N) is 2. The highest BCUT2D eigenvalue weighted by Crippen LogP contribution is 2.32. The van der Waals surface area contributed by atoms with Gasteiger partial charge in [0.25, 0.3) is 11.8 Å². The van der Waals surface area contributed by atoms with Crippen molar-refractivity contribution in [2.45, 2.75) is 0 Å². The normalized spacial score (nSPS) is 11.0. The molecule has 2 amide bonds. The number of esters is 1. The highest BCUT2D eigenvalue weighted by atomic mass is 79.9. The molecule has 8 nitrogen and oxygen atoms in total. The van der Waals surface area contributed by atoms with E-state index in [1.807, 2.05) is 0 Å². The molecule has 2 N–H and O–H groups in total. The summed E-state index contributed by atoms with van der Waals surface area (Å²) in [5, 5.41) is 7.73. The molecular weight excluding hydrogens is 725 g/mol. The Bertz CT molecular complexity index is 1740. The van der Waals surface area contributed by atoms with Crippen LogP contribution in [0.3, 0.4) is 0 Å². The summed E-state index contributed by atoms with van der Waals surface area (Å²) in [6.07, 6.45) is 4.23. The Morgan fingerprint density at radius 3 is 2.37 bits per heavy atom. The maximum absolute atomic E-state index is 12.8. The number of amides is 2. The van der Waals surface area contributed by atoms with Crippen LogP contribution in [0.2, 0.25) is 10.0 Å². The fourth-order valence-electron chi connectivity index (χ4n) is 3.68. The van der Waals surface area contributed by atoms with Crippen LogP contribution in [0.4, 0.5) is 5.69 Å². The third-order valence-electron chi connectivity index (χ3n) is 5.68. The lowest BCUT2D eigenvalue weighted by atomic mass is 10.1. The summed E-state index contributed by atoms with van der Waals surface area (Å²) in [5.74, 6) is -1.06. The predicted octanol–water partition coefficient (Wildman–Crippen LogP) is 8.16. The summed E-state index contributed by atoms with van der Waals surface area (Å²) in [7, 11) is 1.45. The smallest absolute Gasteiger partial charge is 0.336 e. The number of ether oxygens (including phenoxy) is 2. The van der Waals surface area contributed by atoms with Crippen molar-refractivity contribution in [3.8, 4) is 11.5 Å². The fraction of sp³-hybridized carbons (Fsp3) is 0.0323. The van der Waals surface area contributed by atoms with E-state index >= 15 is 0 Å². The standard InChI is InChI=1S/C31H21Br2Cl2N3O5/c1-42-27-11-10-23(35)16-25(27)31(41)37-24-4-2-3-19(14-24)30(40)38-36-17-20-13-21(32)15-26(33)29(20)43-28(39)12-7-18-5-8-22(34)9-6-18/h2-17H,1H3,(H,37,41)(H,38,40)/b12-7+,36-17?. The topological polar surface area (TPSA) is 106 Å². The summed E-state index contributed by atoms with van der Waals surface area (Å²) in [5.41, 5.74) is 4.48. The van der Waals surface area contributed by atoms with Crippen molar-refractivity contribution in [1.29, 1.82) is 0 Å². The molecule has 0 unspecified atom stereocenters. The number of hydrogen-bond acceptors (Lipinski definition) is 6. The minimum Gasteiger partial charge on any atom is -0.496 e. The maximum atomic E-state index is 12.8. The van der Waals surface area contributed by atoms with Gasteiger partial charge in [-0.05, 0) is 88.2 Å². The molecule has 43 heavy (non-hydrogen) atoms. The molecule has 0 aliphatic rings. The van der Waals surface area contributed by atoms with Gasteiger partial charge >= 0.3 is 5.97 Å². The number of methoxy groups -OCH3 is 1. The van der Waals surface area contributed by atoms with Gasteiger partial charge in [-0.15, -0.1) is 0 Å². The first kappa shape index (κ1) is 32.0. The number of carbonyl (C=O) groups excluding carboxylic acids is 3. The predicted molar refractivity (Wildman–Crippen MR) is 175 cm³/mol. The molecule has 4 aromatic rings. The lowest BCUT2D eigenvalue weighted by Crippen LogP contribution is -2.18. The lowest BCUT2D eigenvalue weighted by molar-refractivity contribution is -0.128. The minimum atomic E-state index is -0.620. The van der Waals surface area contributed by atoms with E-state index in [0.717, 1.165) is 5.56 Å². The largest absolute Gasteiger partial charge is 0.496 e. The van der Waals surface area contributed by atoms with Gasteiger partial charge in [-0.1, -0.05) is 57.3 Å². The van der Waals surface area contributed by atoms with Gasteiger partial charge in [0, 0.05) is 37.4 Å². The molecule has 0 saturated carbocycles. The van der Waals surface area contributed by atoms with Gasteiger partial charge in [0.1, 0.15) is 5.75 Å². The van der Waals surface area contributed by atoms with E-state index in [2.05, 4.69) is 47.7 Å². The lowest BCUT2D eigenvalue weighted by Gasteiger charge is -2.11. The Hall–Kier alpha value is -3.96. The molecule has 0 spiro atoms. The summed E-state index contributed by atoms with van der Waals surface area (Å²) in [6, 6.07) is 21.3. The number of anilines is 1. The zero-order valence-electron chi connectivity index (χ0n) is 22.2. The number of benzene rings is 4. The first-order chi connectivity index (χ1) is 20.6. The van der Waals surface area contributed by atoms with E-state index in [0.29, 0.717) is 36.0 Å². The summed E-state index contributed by atoms with van der Waals surface area (Å²) in [6.45, 7) is 0. The van der Waals surface area contributed by atoms with Crippen LogP contribution in [0, 0.1) is 0 Å². The Balaban J connectivity index is 1.44. The third-order valence-corrected chi connectivity index (χ3v) is 7.21. The van der Waals surface area contributed by atoms with E-state index in [9.17, 15) is 14.4 Å². The molecule has 0 fully saturated rings. The maximum Gasteiger partial charge on any atom is 0.336 e. The summed E-state index contributed by atoms with van der Waals surface area (Å²) in [4.78, 5) is 38.2. The van der Waals surface area contributed by atoms with E-state index in [1.165, 1.54) is 31.5 Å². The second-order valence-corrected chi connectivity index (χ2v) is 11.3. The molecule has 218 valence electrons. The van der Waals surface area contributed by atoms with Crippen molar-refractivity contribution in [3.63, 3.8) is 0 Å². The van der Waals surface area contributed by atoms with Gasteiger partial charge < -0.3 is 14.8 Å². The van der Waals surface area contributed by atoms with Gasteiger partial charge in [0.15, 0.2) is 5.75 Å². The highest BCUT2D eigenvalue weighted by Gasteiger charge is 2.15. The van der Waals surface area contributed by atoms with Crippen LogP contribution in [0.15, 0.2) is 99.0 Å². The Morgan fingerprint density at radius 2 is 1.63 bits per heavy atom. The minimum absolute atomic E-state index is 0.202. The third kappa shape index (κ3) is 9.01. The molecule has 0 heterocycles. The van der Waals surface area contributed by atoms with Crippen LogP contribution in [-0.4, -0.2) is 31.1 Å². The van der Waals surface area contributed by atoms with Gasteiger partial charge in [-0.25, -0.2) is 10.2 Å². The van der Waals surface area contributed by atoms with Crippen LogP contribution in [-0.2, 0) is 4.79 Å². The van der Waals surface area contributed by atoms with Crippen molar-refractivity contribution in [2.75, 3.05) is 12.4 Å². The number of carbonyl (C=O) groups is 3. The zero-order valence-corrected chi connectivity index (χ0v) is 26.9. The SMILES string of the molecule is COc1ccc(Cl)cc1C(=O)Nc1cccc(C(=O)NN=Cc2cc(Br)cc(Br)c2OC(=O)/C=C/c2ccc(Cl)cc2)c1. The molecule has 0 aliphatic carbocycles. The average molecular weight is 746 g/mol. The van der Waals surface area contributed by atoms with Crippen LogP contribution < -0.4 is 20.2 Å². The van der Waals surface area contributed by atoms with Gasteiger partial charge in [0.05, 0.1) is 23.4 Å². The van der Waals surface area contributed by atoms with Crippen LogP contribution in [0.5, 0.6) is 11.5 Å². The van der Waals surface area contributed by atoms with Gasteiger partial charge in [-0.3, -0.25) is 9.59 Å². The highest BCUT2D eigenvalue weighted by molar-refractivity contribution is 9.11. The van der Waals surface area contributed by atoms with E-state index in [4.69, 9.17) is 32.7 Å². The molecule has 0 saturated heterocycles. The van der Waals surface area contributed by atoms with E-state index < -0.39 is 17.8 Å². The molecule has 4 aromatic carbocycles. The molecule has 0 aliphatic heterocycles. The monoisotopic (exact) mass is 743 g/mol. The van der Waals surface area contributed by atoms with Crippen molar-refractivity contribution in [2.24, 2.45) is 5.10 Å². The molecule has 0 aromatic heterocycles.